The molecule has 0 saturated carbocycles. The second-order valence-corrected chi connectivity index (χ2v) is 9.20. The average molecular weight is 439 g/mol. The molecule has 1 amide bonds. The first-order chi connectivity index (χ1) is 14.8. The van der Waals surface area contributed by atoms with Gasteiger partial charge >= 0.3 is 0 Å². The molecule has 0 aliphatic rings. The summed E-state index contributed by atoms with van der Waals surface area (Å²) in [5.74, 6) is 0.345. The van der Waals surface area contributed by atoms with Crippen LogP contribution < -0.4 is 10.1 Å². The van der Waals surface area contributed by atoms with Crippen molar-refractivity contribution in [3.63, 3.8) is 0 Å². The predicted octanol–water partition coefficient (Wildman–Crippen LogP) is 4.47. The SMILES string of the molecule is CCOc1ccccc1NC(=O)c1ccc(CN(C)S(=O)(=O)c2ccc(C)cc2)cc1. The lowest BCUT2D eigenvalue weighted by Crippen LogP contribution is -2.26. The van der Waals surface area contributed by atoms with Crippen molar-refractivity contribution in [1.29, 1.82) is 0 Å². The number of nitrogens with one attached hydrogen (secondary N) is 1. The summed E-state index contributed by atoms with van der Waals surface area (Å²) in [5, 5.41) is 2.85. The first-order valence-electron chi connectivity index (χ1n) is 9.96. The predicted molar refractivity (Wildman–Crippen MR) is 122 cm³/mol. The third-order valence-electron chi connectivity index (χ3n) is 4.79. The second kappa shape index (κ2) is 9.76. The molecule has 162 valence electrons. The van der Waals surface area contributed by atoms with Crippen molar-refractivity contribution < 1.29 is 17.9 Å². The van der Waals surface area contributed by atoms with E-state index in [9.17, 15) is 13.2 Å². The molecule has 0 aliphatic heterocycles. The fraction of sp³-hybridized carbons (Fsp3) is 0.208. The van der Waals surface area contributed by atoms with E-state index in [1.165, 1.54) is 4.31 Å². The molecule has 31 heavy (non-hydrogen) atoms. The molecule has 0 saturated heterocycles. The van der Waals surface area contributed by atoms with Crippen LogP contribution in [0.4, 0.5) is 5.69 Å². The monoisotopic (exact) mass is 438 g/mol. The standard InChI is InChI=1S/C24H26N2O4S/c1-4-30-23-8-6-5-7-22(23)25-24(27)20-13-11-19(12-14-20)17-26(3)31(28,29)21-15-9-18(2)10-16-21/h5-16H,4,17H2,1-3H3,(H,25,27). The lowest BCUT2D eigenvalue weighted by Gasteiger charge is -2.17. The van der Waals surface area contributed by atoms with Crippen LogP contribution in [0.3, 0.4) is 0 Å². The van der Waals surface area contributed by atoms with Gasteiger partial charge in [-0.25, -0.2) is 8.42 Å². The van der Waals surface area contributed by atoms with Gasteiger partial charge in [-0.15, -0.1) is 0 Å². The minimum atomic E-state index is -3.59. The highest BCUT2D eigenvalue weighted by Crippen LogP contribution is 2.24. The largest absolute Gasteiger partial charge is 0.492 e. The zero-order valence-electron chi connectivity index (χ0n) is 17.8. The highest BCUT2D eigenvalue weighted by Gasteiger charge is 2.20. The van der Waals surface area contributed by atoms with Crippen molar-refractivity contribution in [2.24, 2.45) is 0 Å². The number of anilines is 1. The van der Waals surface area contributed by atoms with Crippen LogP contribution in [0.1, 0.15) is 28.4 Å². The Labute approximate surface area is 183 Å². The third kappa shape index (κ3) is 5.51. The highest BCUT2D eigenvalue weighted by molar-refractivity contribution is 7.89. The molecule has 0 heterocycles. The summed E-state index contributed by atoms with van der Waals surface area (Å²) in [6.45, 7) is 4.49. The van der Waals surface area contributed by atoms with Crippen LogP contribution in [0.5, 0.6) is 5.75 Å². The van der Waals surface area contributed by atoms with Gasteiger partial charge in [0.25, 0.3) is 5.91 Å². The van der Waals surface area contributed by atoms with Gasteiger partial charge in [0.1, 0.15) is 5.75 Å². The number of sulfonamides is 1. The molecule has 0 radical (unpaired) electrons. The molecule has 3 aromatic rings. The molecule has 6 nitrogen and oxygen atoms in total. The number of benzene rings is 3. The van der Waals surface area contributed by atoms with Crippen molar-refractivity contribution >= 4 is 21.6 Å². The molecule has 0 bridgehead atoms. The molecular formula is C24H26N2O4S. The van der Waals surface area contributed by atoms with E-state index in [0.717, 1.165) is 11.1 Å². The van der Waals surface area contributed by atoms with Gasteiger partial charge < -0.3 is 10.1 Å². The molecular weight excluding hydrogens is 412 g/mol. The first kappa shape index (κ1) is 22.5. The van der Waals surface area contributed by atoms with Crippen LogP contribution in [-0.4, -0.2) is 32.3 Å². The quantitative estimate of drug-likeness (QED) is 0.563. The Morgan fingerprint density at radius 2 is 1.61 bits per heavy atom. The van der Waals surface area contributed by atoms with Gasteiger partial charge in [-0.2, -0.15) is 4.31 Å². The first-order valence-corrected chi connectivity index (χ1v) is 11.4. The summed E-state index contributed by atoms with van der Waals surface area (Å²) >= 11 is 0. The number of ether oxygens (including phenoxy) is 1. The maximum absolute atomic E-state index is 12.8. The Balaban J connectivity index is 1.68. The van der Waals surface area contributed by atoms with Crippen LogP contribution in [0.15, 0.2) is 77.7 Å². The van der Waals surface area contributed by atoms with Crippen LogP contribution in [0, 0.1) is 6.92 Å². The number of carbonyl (C=O) groups is 1. The minimum absolute atomic E-state index is 0.200. The Morgan fingerprint density at radius 1 is 0.968 bits per heavy atom. The summed E-state index contributed by atoms with van der Waals surface area (Å²) in [5.41, 5.74) is 2.85. The van der Waals surface area contributed by atoms with Crippen molar-refractivity contribution in [3.8, 4) is 5.75 Å². The van der Waals surface area contributed by atoms with Crippen molar-refractivity contribution in [1.82, 2.24) is 4.31 Å². The molecule has 3 rings (SSSR count). The Hall–Kier alpha value is -3.16. The summed E-state index contributed by atoms with van der Waals surface area (Å²) in [6, 6.07) is 20.9. The second-order valence-electron chi connectivity index (χ2n) is 7.15. The summed E-state index contributed by atoms with van der Waals surface area (Å²) in [7, 11) is -2.05. The van der Waals surface area contributed by atoms with Gasteiger partial charge in [-0.1, -0.05) is 42.0 Å². The van der Waals surface area contributed by atoms with E-state index in [2.05, 4.69) is 5.32 Å². The summed E-state index contributed by atoms with van der Waals surface area (Å²) in [4.78, 5) is 12.9. The van der Waals surface area contributed by atoms with Gasteiger partial charge in [0.15, 0.2) is 0 Å². The number of nitrogens with zero attached hydrogens (tertiary/aromatic N) is 1. The number of aryl methyl sites for hydroxylation is 1. The molecule has 3 aromatic carbocycles. The number of hydrogen-bond donors (Lipinski definition) is 1. The van der Waals surface area contributed by atoms with Gasteiger partial charge in [-0.05, 0) is 55.8 Å². The maximum Gasteiger partial charge on any atom is 0.255 e. The number of para-hydroxylation sites is 2. The molecule has 1 N–H and O–H groups in total. The summed E-state index contributed by atoms with van der Waals surface area (Å²) < 4.78 is 32.4. The van der Waals surface area contributed by atoms with E-state index in [-0.39, 0.29) is 17.3 Å². The maximum atomic E-state index is 12.8. The molecule has 0 spiro atoms. The number of rotatable bonds is 8. The van der Waals surface area contributed by atoms with Crippen LogP contribution in [0.25, 0.3) is 0 Å². The lowest BCUT2D eigenvalue weighted by atomic mass is 10.1. The normalized spacial score (nSPS) is 11.4. The fourth-order valence-electron chi connectivity index (χ4n) is 3.04. The number of carbonyl (C=O) groups excluding carboxylic acids is 1. The van der Waals surface area contributed by atoms with Gasteiger partial charge in [0, 0.05) is 19.2 Å². The number of amides is 1. The van der Waals surface area contributed by atoms with Gasteiger partial charge in [0.05, 0.1) is 17.2 Å². The molecule has 0 unspecified atom stereocenters. The minimum Gasteiger partial charge on any atom is -0.492 e. The van der Waals surface area contributed by atoms with Crippen LogP contribution in [-0.2, 0) is 16.6 Å². The zero-order valence-corrected chi connectivity index (χ0v) is 18.6. The van der Waals surface area contributed by atoms with E-state index in [1.54, 1.807) is 67.7 Å². The fourth-order valence-corrected chi connectivity index (χ4v) is 4.20. The molecule has 0 atom stereocenters. The molecule has 0 aliphatic carbocycles. The summed E-state index contributed by atoms with van der Waals surface area (Å²) in [6.07, 6.45) is 0. The van der Waals surface area contributed by atoms with E-state index in [1.807, 2.05) is 26.0 Å². The van der Waals surface area contributed by atoms with E-state index in [4.69, 9.17) is 4.74 Å². The molecule has 0 aromatic heterocycles. The molecule has 0 fully saturated rings. The van der Waals surface area contributed by atoms with Crippen molar-refractivity contribution in [2.75, 3.05) is 19.0 Å². The van der Waals surface area contributed by atoms with E-state index < -0.39 is 10.0 Å². The van der Waals surface area contributed by atoms with Crippen molar-refractivity contribution in [2.45, 2.75) is 25.3 Å². The lowest BCUT2D eigenvalue weighted by molar-refractivity contribution is 0.102. The van der Waals surface area contributed by atoms with Gasteiger partial charge in [0.2, 0.25) is 10.0 Å². The van der Waals surface area contributed by atoms with Gasteiger partial charge in [-0.3, -0.25) is 4.79 Å². The highest BCUT2D eigenvalue weighted by atomic mass is 32.2. The smallest absolute Gasteiger partial charge is 0.255 e. The zero-order chi connectivity index (χ0) is 22.4. The Kier molecular flexibility index (Phi) is 7.09. The molecule has 7 heteroatoms. The topological polar surface area (TPSA) is 75.7 Å². The van der Waals surface area contributed by atoms with E-state index in [0.29, 0.717) is 23.6 Å². The number of hydrogen-bond acceptors (Lipinski definition) is 4. The van der Waals surface area contributed by atoms with Crippen molar-refractivity contribution in [3.05, 3.63) is 89.5 Å². The Morgan fingerprint density at radius 3 is 2.26 bits per heavy atom. The average Bonchev–Trinajstić information content (AvgIpc) is 2.76. The third-order valence-corrected chi connectivity index (χ3v) is 6.60. The van der Waals surface area contributed by atoms with Crippen LogP contribution in [0.2, 0.25) is 0 Å². The Bertz CT molecular complexity index is 1140. The van der Waals surface area contributed by atoms with E-state index >= 15 is 0 Å². The van der Waals surface area contributed by atoms with Crippen LogP contribution >= 0.6 is 0 Å².